The summed E-state index contributed by atoms with van der Waals surface area (Å²) in [5, 5.41) is 3.82. The van der Waals surface area contributed by atoms with Crippen molar-refractivity contribution in [2.24, 2.45) is 0 Å². The van der Waals surface area contributed by atoms with Crippen molar-refractivity contribution in [3.8, 4) is 5.75 Å². The molecule has 0 spiro atoms. The molecule has 1 aromatic heterocycles. The second kappa shape index (κ2) is 5.31. The van der Waals surface area contributed by atoms with E-state index in [0.29, 0.717) is 6.54 Å². The zero-order chi connectivity index (χ0) is 13.1. The Labute approximate surface area is 111 Å². The van der Waals surface area contributed by atoms with E-state index < -0.39 is 0 Å². The number of hydrogen-bond donors (Lipinski definition) is 1. The Kier molecular flexibility index (Phi) is 3.77. The van der Waals surface area contributed by atoms with Crippen LogP contribution in [0.25, 0.3) is 10.9 Å². The number of carbonyl (C=O) groups excluding carboxylic acids is 1. The molecule has 0 saturated heterocycles. The van der Waals surface area contributed by atoms with Crippen molar-refractivity contribution in [3.63, 3.8) is 0 Å². The van der Waals surface area contributed by atoms with E-state index in [1.807, 2.05) is 24.4 Å². The number of rotatable bonds is 4. The van der Waals surface area contributed by atoms with Gasteiger partial charge in [0.2, 0.25) is 5.91 Å². The zero-order valence-electron chi connectivity index (χ0n) is 10.4. The summed E-state index contributed by atoms with van der Waals surface area (Å²) >= 11 is 6.10. The van der Waals surface area contributed by atoms with Crippen LogP contribution in [0, 0.1) is 0 Å². The average molecular weight is 267 g/mol. The number of carbonyl (C=O) groups is 1. The smallest absolute Gasteiger partial charge is 0.216 e. The van der Waals surface area contributed by atoms with Crippen molar-refractivity contribution >= 4 is 28.6 Å². The van der Waals surface area contributed by atoms with Crippen LogP contribution in [-0.2, 0) is 11.2 Å². The van der Waals surface area contributed by atoms with Crippen molar-refractivity contribution in [2.45, 2.75) is 13.3 Å². The van der Waals surface area contributed by atoms with Crippen molar-refractivity contribution in [1.29, 1.82) is 0 Å². The average Bonchev–Trinajstić information content (AvgIpc) is 2.65. The van der Waals surface area contributed by atoms with Crippen LogP contribution in [0.5, 0.6) is 5.75 Å². The monoisotopic (exact) mass is 266 g/mol. The van der Waals surface area contributed by atoms with Gasteiger partial charge in [-0.3, -0.25) is 8.88 Å². The molecule has 4 nitrogen and oxygen atoms in total. The molecular formula is C13H15ClN2O2. The Hall–Kier alpha value is -1.68. The minimum absolute atomic E-state index is 0.0257. The standard InChI is InChI=1S/C13H15ClN2O2/c1-9(17)15-6-5-10-8-16(14)13-4-3-11(18-2)7-12(10)13/h3-4,7-8H,5-6H2,1-2H3,(H,15,17). The number of benzene rings is 1. The third kappa shape index (κ3) is 2.59. The zero-order valence-corrected chi connectivity index (χ0v) is 11.1. The molecule has 2 rings (SSSR count). The van der Waals surface area contributed by atoms with Crippen LogP contribution in [0.2, 0.25) is 0 Å². The predicted octanol–water partition coefficient (Wildman–Crippen LogP) is 2.33. The van der Waals surface area contributed by atoms with E-state index in [1.165, 1.54) is 6.92 Å². The SMILES string of the molecule is COc1ccc2c(c1)c(CCNC(C)=O)cn2Cl. The van der Waals surface area contributed by atoms with E-state index >= 15 is 0 Å². The largest absolute Gasteiger partial charge is 0.497 e. The molecule has 1 N–H and O–H groups in total. The molecule has 0 fully saturated rings. The van der Waals surface area contributed by atoms with Gasteiger partial charge < -0.3 is 10.1 Å². The van der Waals surface area contributed by atoms with Crippen LogP contribution in [0.15, 0.2) is 24.4 Å². The third-order valence-electron chi connectivity index (χ3n) is 2.82. The number of fused-ring (bicyclic) bond motifs is 1. The van der Waals surface area contributed by atoms with Gasteiger partial charge in [-0.25, -0.2) is 0 Å². The maximum Gasteiger partial charge on any atom is 0.216 e. The maximum absolute atomic E-state index is 10.8. The molecule has 0 aliphatic rings. The number of nitrogens with zero attached hydrogens (tertiary/aromatic N) is 1. The molecule has 18 heavy (non-hydrogen) atoms. The van der Waals surface area contributed by atoms with E-state index in [4.69, 9.17) is 16.5 Å². The fourth-order valence-electron chi connectivity index (χ4n) is 1.93. The van der Waals surface area contributed by atoms with Crippen molar-refractivity contribution in [3.05, 3.63) is 30.0 Å². The van der Waals surface area contributed by atoms with Crippen LogP contribution in [0.1, 0.15) is 12.5 Å². The molecule has 5 heteroatoms. The van der Waals surface area contributed by atoms with Gasteiger partial charge in [0.25, 0.3) is 0 Å². The molecule has 2 aromatic rings. The van der Waals surface area contributed by atoms with Crippen molar-refractivity contribution < 1.29 is 9.53 Å². The maximum atomic E-state index is 10.8. The molecule has 1 heterocycles. The number of halogens is 1. The summed E-state index contributed by atoms with van der Waals surface area (Å²) in [6, 6.07) is 5.75. The highest BCUT2D eigenvalue weighted by molar-refractivity contribution is 6.19. The molecule has 0 atom stereocenters. The topological polar surface area (TPSA) is 43.3 Å². The van der Waals surface area contributed by atoms with E-state index in [-0.39, 0.29) is 5.91 Å². The molecular weight excluding hydrogens is 252 g/mol. The van der Waals surface area contributed by atoms with Crippen LogP contribution in [0.4, 0.5) is 0 Å². The molecule has 0 aliphatic heterocycles. The lowest BCUT2D eigenvalue weighted by Gasteiger charge is -2.02. The van der Waals surface area contributed by atoms with E-state index in [2.05, 4.69) is 5.32 Å². The predicted molar refractivity (Wildman–Crippen MR) is 72.1 cm³/mol. The first kappa shape index (κ1) is 12.8. The van der Waals surface area contributed by atoms with Gasteiger partial charge >= 0.3 is 0 Å². The van der Waals surface area contributed by atoms with Crippen LogP contribution in [0.3, 0.4) is 0 Å². The first-order valence-electron chi connectivity index (χ1n) is 5.70. The quantitative estimate of drug-likeness (QED) is 0.923. The van der Waals surface area contributed by atoms with Crippen LogP contribution < -0.4 is 10.1 Å². The van der Waals surface area contributed by atoms with Crippen LogP contribution in [-0.4, -0.2) is 23.6 Å². The fraction of sp³-hybridized carbons (Fsp3) is 0.308. The molecule has 0 saturated carbocycles. The van der Waals surface area contributed by atoms with Gasteiger partial charge in [0, 0.05) is 36.8 Å². The van der Waals surface area contributed by atoms with Gasteiger partial charge in [-0.15, -0.1) is 0 Å². The molecule has 96 valence electrons. The Balaban J connectivity index is 2.28. The lowest BCUT2D eigenvalue weighted by molar-refractivity contribution is -0.118. The van der Waals surface area contributed by atoms with E-state index in [9.17, 15) is 4.79 Å². The highest BCUT2D eigenvalue weighted by Gasteiger charge is 2.08. The first-order chi connectivity index (χ1) is 8.61. The number of aromatic nitrogens is 1. The lowest BCUT2D eigenvalue weighted by atomic mass is 10.1. The summed E-state index contributed by atoms with van der Waals surface area (Å²) in [4.78, 5) is 10.8. The van der Waals surface area contributed by atoms with E-state index in [0.717, 1.165) is 28.6 Å². The Morgan fingerprint density at radius 3 is 2.94 bits per heavy atom. The summed E-state index contributed by atoms with van der Waals surface area (Å²) in [6.45, 7) is 2.11. The third-order valence-corrected chi connectivity index (χ3v) is 3.10. The molecule has 0 bridgehead atoms. The highest BCUT2D eigenvalue weighted by atomic mass is 35.5. The van der Waals surface area contributed by atoms with Gasteiger partial charge in [-0.1, -0.05) is 0 Å². The number of methoxy groups -OCH3 is 1. The van der Waals surface area contributed by atoms with Crippen molar-refractivity contribution in [2.75, 3.05) is 13.7 Å². The van der Waals surface area contributed by atoms with Gasteiger partial charge in [0.05, 0.1) is 12.6 Å². The molecule has 0 aliphatic carbocycles. The summed E-state index contributed by atoms with van der Waals surface area (Å²) in [5.41, 5.74) is 2.03. The number of nitrogens with one attached hydrogen (secondary N) is 1. The lowest BCUT2D eigenvalue weighted by Crippen LogP contribution is -2.22. The first-order valence-corrected chi connectivity index (χ1v) is 6.04. The molecule has 1 amide bonds. The molecule has 0 radical (unpaired) electrons. The number of amides is 1. The van der Waals surface area contributed by atoms with Crippen LogP contribution >= 0.6 is 11.8 Å². The summed E-state index contributed by atoms with van der Waals surface area (Å²) in [6.07, 6.45) is 2.61. The minimum Gasteiger partial charge on any atom is -0.497 e. The second-order valence-electron chi connectivity index (χ2n) is 4.08. The second-order valence-corrected chi connectivity index (χ2v) is 4.45. The Bertz CT molecular complexity index is 578. The van der Waals surface area contributed by atoms with Gasteiger partial charge in [-0.2, -0.15) is 0 Å². The Morgan fingerprint density at radius 1 is 1.50 bits per heavy atom. The van der Waals surface area contributed by atoms with Crippen molar-refractivity contribution in [1.82, 2.24) is 9.40 Å². The fourth-order valence-corrected chi connectivity index (χ4v) is 2.20. The molecule has 0 unspecified atom stereocenters. The highest BCUT2D eigenvalue weighted by Crippen LogP contribution is 2.26. The van der Waals surface area contributed by atoms with Gasteiger partial charge in [-0.05, 0) is 30.2 Å². The number of hydrogen-bond acceptors (Lipinski definition) is 2. The van der Waals surface area contributed by atoms with Gasteiger partial charge in [0.1, 0.15) is 5.75 Å². The summed E-state index contributed by atoms with van der Waals surface area (Å²) < 4.78 is 6.77. The van der Waals surface area contributed by atoms with Gasteiger partial charge in [0.15, 0.2) is 0 Å². The summed E-state index contributed by atoms with van der Waals surface area (Å²) in [7, 11) is 1.63. The van der Waals surface area contributed by atoms with E-state index in [1.54, 1.807) is 11.2 Å². The minimum atomic E-state index is -0.0257. The Morgan fingerprint density at radius 2 is 2.28 bits per heavy atom. The number of ether oxygens (including phenoxy) is 1. The molecule has 1 aromatic carbocycles. The normalized spacial score (nSPS) is 10.6. The summed E-state index contributed by atoms with van der Waals surface area (Å²) in [5.74, 6) is 0.772.